The van der Waals surface area contributed by atoms with E-state index in [1.165, 1.54) is 0 Å². The van der Waals surface area contributed by atoms with Crippen LogP contribution in [0.3, 0.4) is 0 Å². The van der Waals surface area contributed by atoms with Crippen LogP contribution in [-0.4, -0.2) is 187 Å². The first-order valence-electron chi connectivity index (χ1n) is 34.3. The highest BCUT2D eigenvalue weighted by atomic mass is 16.7. The molecule has 2 aliphatic heterocycles. The van der Waals surface area contributed by atoms with Crippen molar-refractivity contribution in [3.05, 3.63) is 116 Å². The van der Waals surface area contributed by atoms with E-state index in [0.717, 1.165) is 77.6 Å². The maximum Gasteiger partial charge on any atom is 0.303 e. The highest BCUT2D eigenvalue weighted by Crippen LogP contribution is 2.41. The molecule has 28 nitrogen and oxygen atoms in total. The topological polar surface area (TPSA) is 342 Å². The fraction of sp³-hybridized carbons (Fsp3) is 0.541. The van der Waals surface area contributed by atoms with Crippen molar-refractivity contribution in [1.82, 2.24) is 10.6 Å². The van der Waals surface area contributed by atoms with Gasteiger partial charge in [-0.2, -0.15) is 0 Å². The number of rotatable bonds is 32. The van der Waals surface area contributed by atoms with Crippen LogP contribution in [0.5, 0.6) is 23.0 Å². The van der Waals surface area contributed by atoms with Crippen molar-refractivity contribution in [2.45, 2.75) is 196 Å². The molecule has 4 aromatic carbocycles. The van der Waals surface area contributed by atoms with Gasteiger partial charge in [0.2, 0.25) is 0 Å². The van der Waals surface area contributed by atoms with Crippen molar-refractivity contribution in [3.8, 4) is 23.0 Å². The van der Waals surface area contributed by atoms with E-state index in [2.05, 4.69) is 10.6 Å². The van der Waals surface area contributed by atoms with Gasteiger partial charge < -0.3 is 86.4 Å². The van der Waals surface area contributed by atoms with Gasteiger partial charge in [-0.25, -0.2) is 0 Å². The predicted octanol–water partition coefficient (Wildman–Crippen LogP) is 7.18. The molecule has 2 heterocycles. The lowest BCUT2D eigenvalue weighted by Gasteiger charge is -2.44. The molecular formula is C74H94N2O26. The van der Waals surface area contributed by atoms with Crippen LogP contribution in [0.4, 0.5) is 0 Å². The Bertz CT molecular complexity index is 3290. The fourth-order valence-corrected chi connectivity index (χ4v) is 12.0. The molecular weight excluding hydrogens is 1330 g/mol. The SMILES string of the molecule is CCCOc1c2cccc1Cc1cc(C(=O)NCCO[C@@H]3O[C@H](COC(C)=O)[C@H](OC(C)=O)[C@H](OC(C)=O)[C@H]3OC(C)=O)cc(c1OCCC)Cc1cccc(c1OCCC)Cc1cc(C(=O)NCCO[C@@H]3O[C@H](COC(C)=O)[C@H](OC(C)=O)[C@H](OC(C)=O)[C@H]3OC(C)=O)cc(c1OCCC)C2. The van der Waals surface area contributed by atoms with Crippen molar-refractivity contribution >= 4 is 59.6 Å². The number of hydrogen-bond donors (Lipinski definition) is 2. The van der Waals surface area contributed by atoms with E-state index in [9.17, 15) is 47.9 Å². The van der Waals surface area contributed by atoms with Gasteiger partial charge in [-0.05, 0) is 94.5 Å². The molecule has 7 rings (SSSR count). The second-order valence-electron chi connectivity index (χ2n) is 24.5. The average molecular weight is 1430 g/mol. The van der Waals surface area contributed by atoms with E-state index >= 15 is 0 Å². The van der Waals surface area contributed by atoms with Crippen LogP contribution in [0.1, 0.15) is 174 Å². The van der Waals surface area contributed by atoms with E-state index in [4.69, 9.17) is 75.8 Å². The summed E-state index contributed by atoms with van der Waals surface area (Å²) in [6.45, 7) is 16.6. The summed E-state index contributed by atoms with van der Waals surface area (Å²) < 4.78 is 95.3. The van der Waals surface area contributed by atoms with Crippen LogP contribution in [0.2, 0.25) is 0 Å². The quantitative estimate of drug-likeness (QED) is 0.0244. The number of esters is 8. The Morgan fingerprint density at radius 2 is 0.618 bits per heavy atom. The number of benzene rings is 4. The van der Waals surface area contributed by atoms with Crippen LogP contribution < -0.4 is 29.6 Å². The van der Waals surface area contributed by atoms with Crippen molar-refractivity contribution in [2.24, 2.45) is 0 Å². The molecule has 4 aromatic rings. The number of fused-ring (bicyclic) bond motifs is 8. The molecule has 3 aliphatic rings. The van der Waals surface area contributed by atoms with Gasteiger partial charge in [-0.3, -0.25) is 47.9 Å². The molecule has 556 valence electrons. The molecule has 0 unspecified atom stereocenters. The van der Waals surface area contributed by atoms with Gasteiger partial charge in [0, 0.05) is 105 Å². The molecule has 0 aromatic heterocycles. The third-order valence-corrected chi connectivity index (χ3v) is 15.9. The summed E-state index contributed by atoms with van der Waals surface area (Å²) in [5.41, 5.74) is 6.18. The van der Waals surface area contributed by atoms with Gasteiger partial charge in [0.1, 0.15) is 48.4 Å². The van der Waals surface area contributed by atoms with Gasteiger partial charge in [0.25, 0.3) is 11.8 Å². The number of hydrogen-bond acceptors (Lipinski definition) is 26. The van der Waals surface area contributed by atoms with Gasteiger partial charge in [0.15, 0.2) is 49.2 Å². The minimum Gasteiger partial charge on any atom is -0.493 e. The summed E-state index contributed by atoms with van der Waals surface area (Å²) in [4.78, 5) is 128. The molecule has 2 amide bonds. The molecule has 2 N–H and O–H groups in total. The van der Waals surface area contributed by atoms with E-state index in [1.807, 2.05) is 64.1 Å². The Balaban J connectivity index is 1.26. The number of para-hydroxylation sites is 2. The molecule has 0 saturated carbocycles. The standard InChI is InChI=1S/C74H94N2O26/c1-13-25-87-61-49-19-17-20-50(61)32-54-36-58(72(86)76-24-30-92-74-70(100-48(12)84)68(98-46(10)82)66(96-44(8)80)60(102-74)40-94-42(6)78)38-56(64(54)90-28-16-4)34-52-22-18-21-51(62(52)88-26-14-2)33-55-37-57(35-53(31-49)63(55)89-27-15-3)71(85)75-23-29-91-73-69(99-47(11)83)67(97-45(9)81)65(95-43(7)79)59(101-73)39-93-41(5)77/h17-22,35-38,59-60,65-70,73-74H,13-16,23-34,39-40H2,1-12H3,(H,75,85)(H,76,86)/t59-,60-,65+,66+,67+,68+,69-,70-,73-,74-/m1/s1. The molecule has 2 fully saturated rings. The summed E-state index contributed by atoms with van der Waals surface area (Å²) >= 11 is 0. The third kappa shape index (κ3) is 22.8. The number of carbonyl (C=O) groups is 10. The van der Waals surface area contributed by atoms with Gasteiger partial charge in [-0.15, -0.1) is 0 Å². The van der Waals surface area contributed by atoms with E-state index in [-0.39, 0.29) is 63.1 Å². The number of ether oxygens (including phenoxy) is 16. The van der Waals surface area contributed by atoms with Gasteiger partial charge >= 0.3 is 47.8 Å². The largest absolute Gasteiger partial charge is 0.493 e. The van der Waals surface area contributed by atoms with E-state index in [1.54, 1.807) is 24.3 Å². The first-order chi connectivity index (χ1) is 48.8. The van der Waals surface area contributed by atoms with Crippen LogP contribution in [0.25, 0.3) is 0 Å². The molecule has 8 bridgehead atoms. The second kappa shape index (κ2) is 39.2. The van der Waals surface area contributed by atoms with Crippen molar-refractivity contribution in [3.63, 3.8) is 0 Å². The van der Waals surface area contributed by atoms with E-state index in [0.29, 0.717) is 97.4 Å². The van der Waals surface area contributed by atoms with Gasteiger partial charge in [0.05, 0.1) is 39.6 Å². The molecule has 102 heavy (non-hydrogen) atoms. The van der Waals surface area contributed by atoms with Crippen molar-refractivity contribution in [2.75, 3.05) is 65.9 Å². The Labute approximate surface area is 592 Å². The lowest BCUT2D eigenvalue weighted by molar-refractivity contribution is -0.307. The lowest BCUT2D eigenvalue weighted by Crippen LogP contribution is -2.63. The van der Waals surface area contributed by atoms with Gasteiger partial charge in [-0.1, -0.05) is 64.1 Å². The highest BCUT2D eigenvalue weighted by molar-refractivity contribution is 5.96. The number of nitrogens with one attached hydrogen (secondary N) is 2. The molecule has 1 aliphatic carbocycles. The van der Waals surface area contributed by atoms with Crippen molar-refractivity contribution < 1.29 is 124 Å². The Morgan fingerprint density at radius 1 is 0.353 bits per heavy atom. The van der Waals surface area contributed by atoms with Crippen LogP contribution in [0.15, 0.2) is 60.7 Å². The van der Waals surface area contributed by atoms with Crippen molar-refractivity contribution in [1.29, 1.82) is 0 Å². The summed E-state index contributed by atoms with van der Waals surface area (Å²) in [7, 11) is 0. The second-order valence-corrected chi connectivity index (χ2v) is 24.5. The zero-order valence-corrected chi connectivity index (χ0v) is 59.9. The first kappa shape index (κ1) is 79.9. The van der Waals surface area contributed by atoms with E-state index < -0.39 is 134 Å². The third-order valence-electron chi connectivity index (χ3n) is 15.9. The Kier molecular flexibility index (Phi) is 30.7. The summed E-state index contributed by atoms with van der Waals surface area (Å²) in [6.07, 6.45) is -10.8. The number of amides is 2. The molecule has 0 radical (unpaired) electrons. The Morgan fingerprint density at radius 3 is 0.882 bits per heavy atom. The smallest absolute Gasteiger partial charge is 0.303 e. The normalized spacial score (nSPS) is 20.5. The van der Waals surface area contributed by atoms with Crippen LogP contribution in [-0.2, 0) is 121 Å². The maximum atomic E-state index is 14.8. The zero-order valence-electron chi connectivity index (χ0n) is 59.9. The summed E-state index contributed by atoms with van der Waals surface area (Å²) in [5.74, 6) is -4.94. The monoisotopic (exact) mass is 1430 g/mol. The first-order valence-corrected chi connectivity index (χ1v) is 34.3. The fourth-order valence-electron chi connectivity index (χ4n) is 12.0. The molecule has 2 saturated heterocycles. The maximum absolute atomic E-state index is 14.8. The number of carbonyl (C=O) groups excluding carboxylic acids is 10. The van der Waals surface area contributed by atoms with Crippen LogP contribution >= 0.6 is 0 Å². The summed E-state index contributed by atoms with van der Waals surface area (Å²) in [5, 5.41) is 5.89. The zero-order chi connectivity index (χ0) is 74.2. The highest BCUT2D eigenvalue weighted by Gasteiger charge is 2.54. The lowest BCUT2D eigenvalue weighted by atomic mass is 9.89. The molecule has 0 spiro atoms. The minimum absolute atomic E-state index is 0.139. The Hall–Kier alpha value is -9.38. The molecule has 10 atom stereocenters. The predicted molar refractivity (Wildman–Crippen MR) is 361 cm³/mol. The van der Waals surface area contributed by atoms with Crippen LogP contribution in [0, 0.1) is 0 Å². The summed E-state index contributed by atoms with van der Waals surface area (Å²) in [6, 6.07) is 18.7. The molecule has 28 heteroatoms. The minimum atomic E-state index is -1.49. The average Bonchev–Trinajstić information content (AvgIpc) is 0.792.